The van der Waals surface area contributed by atoms with E-state index in [2.05, 4.69) is 55.4 Å². The molecule has 16 atom stereocenters. The van der Waals surface area contributed by atoms with Gasteiger partial charge >= 0.3 is 0 Å². The quantitative estimate of drug-likeness (QED) is 0.253. The number of hydrogen-bond donors (Lipinski definition) is 0. The molecule has 0 heterocycles. The van der Waals surface area contributed by atoms with Gasteiger partial charge < -0.3 is 0 Å². The van der Waals surface area contributed by atoms with Gasteiger partial charge in [-0.3, -0.25) is 38.4 Å². The standard InChI is InChI=1S/C13H20O.2C11H16O.C9H14O.C8H12O.C7H12O.C6H10O.C5H8O/c1-9(14)13-6-10-3-11(7-13)5-12(2,4-10)8-13;1-11-4-7-2-8(5-11)10(12)9(3-7)6-11;1-6-8-2-7-3-9(5-8)11(12)10(6)4-7;1-6-4-8-3-2-7(6)5-9(8)10;1-5-2-6-3-7(5)8(9)4-6;1-6-2-4-7(8)5-3-6;1-5-2-3-6(7)4-5;1-4-2-5(6)3-4/h10-11H,3-8H2,1-2H3;7-9H,2-6H2,1H3;6-10H,2-5H2,1H3;6-8H,2-5H2,1H3;5-7H,2-4H2,1H3;6H,2-5H2,1H3;5H,2-4H2,1H3;4H,2-3H2,1H3. The number of carbonyl (C=O) groups is 8. The molecule has 0 radical (unpaired) electrons. The van der Waals surface area contributed by atoms with E-state index in [9.17, 15) is 38.4 Å². The van der Waals surface area contributed by atoms with E-state index in [4.69, 9.17) is 0 Å². The second-order valence-corrected chi connectivity index (χ2v) is 32.0. The molecule has 20 aliphatic carbocycles. The zero-order valence-corrected chi connectivity index (χ0v) is 50.7. The van der Waals surface area contributed by atoms with Gasteiger partial charge in [-0.2, -0.15) is 0 Å². The molecule has 0 amide bonds. The van der Waals surface area contributed by atoms with Crippen molar-refractivity contribution in [3.8, 4) is 0 Å². The molecule has 20 aliphatic rings. The van der Waals surface area contributed by atoms with Crippen molar-refractivity contribution in [1.29, 1.82) is 0 Å². The van der Waals surface area contributed by atoms with E-state index in [-0.39, 0.29) is 5.41 Å². The van der Waals surface area contributed by atoms with Crippen molar-refractivity contribution >= 4 is 46.3 Å². The Morgan fingerprint density at radius 1 is 0.397 bits per heavy atom. The average molecular weight is 1080 g/mol. The summed E-state index contributed by atoms with van der Waals surface area (Å²) >= 11 is 0. The van der Waals surface area contributed by atoms with E-state index >= 15 is 0 Å². The first kappa shape index (κ1) is 60.0. The molecule has 20 fully saturated rings. The topological polar surface area (TPSA) is 137 Å². The minimum absolute atomic E-state index is 0.124. The van der Waals surface area contributed by atoms with Crippen molar-refractivity contribution < 1.29 is 38.4 Å². The maximum Gasteiger partial charge on any atom is 0.139 e. The molecule has 0 saturated heterocycles. The third kappa shape index (κ3) is 14.2. The third-order valence-electron chi connectivity index (χ3n) is 24.6. The number of Topliss-reactive ketones (excluding diaryl/α,β-unsaturated/α-hetero) is 8. The summed E-state index contributed by atoms with van der Waals surface area (Å²) in [6.07, 6.45) is 35.6. The SMILES string of the molecule is CC(=O)C12CC3CC(CC(C)(C3)C1)C2.CC12CC3CC(C1)C(=O)C(C3)C2.CC1C2CC3CC(C2)C(=O)C1C3.CC1CC(=O)C1.CC1CC2CC(=O)C1C2.CC1CC2CCC1CC2=O.CC1CCC(=O)C1.CC1CCC(=O)CC1. The van der Waals surface area contributed by atoms with Gasteiger partial charge in [0.2, 0.25) is 0 Å². The van der Waals surface area contributed by atoms with E-state index in [1.165, 1.54) is 128 Å². The lowest BCUT2D eigenvalue weighted by Gasteiger charge is -2.60. The Labute approximate surface area is 472 Å². The molecule has 0 aromatic carbocycles. The summed E-state index contributed by atoms with van der Waals surface area (Å²) < 4.78 is 0. The number of rotatable bonds is 1. The zero-order valence-electron chi connectivity index (χ0n) is 50.7. The van der Waals surface area contributed by atoms with Gasteiger partial charge in [0.25, 0.3) is 0 Å². The molecule has 0 aromatic heterocycles. The summed E-state index contributed by atoms with van der Waals surface area (Å²) in [5.41, 5.74) is 1.21. The highest BCUT2D eigenvalue weighted by Crippen LogP contribution is 2.65. The molecule has 436 valence electrons. The Kier molecular flexibility index (Phi) is 19.0. The second-order valence-electron chi connectivity index (χ2n) is 32.0. The number of ketones is 8. The number of carbonyl (C=O) groups excluding carboxylic acids is 8. The second kappa shape index (κ2) is 24.7. The first-order valence-electron chi connectivity index (χ1n) is 33.0. The lowest BCUT2D eigenvalue weighted by atomic mass is 9.44. The summed E-state index contributed by atoms with van der Waals surface area (Å²) in [6.45, 7) is 19.9. The summed E-state index contributed by atoms with van der Waals surface area (Å²) in [4.78, 5) is 88.8. The predicted octanol–water partition coefficient (Wildman–Crippen LogP) is 15.6. The molecule has 20 rings (SSSR count). The fraction of sp³-hybridized carbons (Fsp3) is 0.886. The molecule has 0 aliphatic heterocycles. The Balaban J connectivity index is 0.000000110. The average Bonchev–Trinajstić information content (AvgIpc) is 4.10. The Bertz CT molecular complexity index is 2190. The van der Waals surface area contributed by atoms with Gasteiger partial charge in [0.15, 0.2) is 0 Å². The smallest absolute Gasteiger partial charge is 0.139 e. The largest absolute Gasteiger partial charge is 0.300 e. The van der Waals surface area contributed by atoms with Crippen molar-refractivity contribution in [1.82, 2.24) is 0 Å². The minimum atomic E-state index is 0.124. The maximum absolute atomic E-state index is 11.8. The van der Waals surface area contributed by atoms with Crippen LogP contribution >= 0.6 is 0 Å². The molecule has 8 heteroatoms. The lowest BCUT2D eigenvalue weighted by molar-refractivity contribution is -0.150. The molecule has 0 aromatic rings. The first-order chi connectivity index (χ1) is 36.8. The van der Waals surface area contributed by atoms with Crippen LogP contribution in [0.2, 0.25) is 0 Å². The van der Waals surface area contributed by atoms with Crippen LogP contribution in [-0.4, -0.2) is 46.3 Å². The zero-order chi connectivity index (χ0) is 56.0. The van der Waals surface area contributed by atoms with Gasteiger partial charge in [-0.25, -0.2) is 0 Å². The van der Waals surface area contributed by atoms with E-state index in [1.807, 2.05) is 6.92 Å². The number of hydrogen-bond acceptors (Lipinski definition) is 8. The molecular weight excluding hydrogens is 969 g/mol. The lowest BCUT2D eigenvalue weighted by Crippen LogP contribution is -2.53. The van der Waals surface area contributed by atoms with E-state index in [0.717, 1.165) is 124 Å². The van der Waals surface area contributed by atoms with Gasteiger partial charge in [-0.05, 0) is 242 Å². The van der Waals surface area contributed by atoms with Crippen molar-refractivity contribution in [2.75, 3.05) is 0 Å². The fourth-order valence-corrected chi connectivity index (χ4v) is 20.9. The summed E-state index contributed by atoms with van der Waals surface area (Å²) in [5.74, 6) is 17.4. The minimum Gasteiger partial charge on any atom is -0.300 e. The monoisotopic (exact) mass is 1080 g/mol. The van der Waals surface area contributed by atoms with Crippen molar-refractivity contribution in [2.45, 2.75) is 261 Å². The molecule has 20 saturated carbocycles. The molecule has 8 nitrogen and oxygen atoms in total. The van der Waals surface area contributed by atoms with Crippen LogP contribution in [-0.2, 0) is 38.4 Å². The molecule has 0 spiro atoms. The Hall–Kier alpha value is -2.64. The molecule has 78 heavy (non-hydrogen) atoms. The van der Waals surface area contributed by atoms with Gasteiger partial charge in [0.1, 0.15) is 46.3 Å². The highest BCUT2D eigenvalue weighted by molar-refractivity contribution is 5.87. The Morgan fingerprint density at radius 3 is 1.40 bits per heavy atom. The van der Waals surface area contributed by atoms with Gasteiger partial charge in [0, 0.05) is 92.3 Å². The molecule has 0 N–H and O–H groups in total. The van der Waals surface area contributed by atoms with E-state index in [1.54, 1.807) is 0 Å². The van der Waals surface area contributed by atoms with Crippen LogP contribution < -0.4 is 0 Å². The Morgan fingerprint density at radius 2 is 0.987 bits per heavy atom. The summed E-state index contributed by atoms with van der Waals surface area (Å²) in [6, 6.07) is 0. The highest BCUT2D eigenvalue weighted by Gasteiger charge is 2.58. The fourth-order valence-electron chi connectivity index (χ4n) is 20.9. The van der Waals surface area contributed by atoms with Crippen LogP contribution in [0, 0.1) is 129 Å². The van der Waals surface area contributed by atoms with Crippen LogP contribution in [0.5, 0.6) is 0 Å². The van der Waals surface area contributed by atoms with Crippen molar-refractivity contribution in [3.05, 3.63) is 0 Å². The van der Waals surface area contributed by atoms with Crippen LogP contribution in [0.25, 0.3) is 0 Å². The van der Waals surface area contributed by atoms with Gasteiger partial charge in [-0.1, -0.05) is 55.4 Å². The molecule has 16 bridgehead atoms. The predicted molar refractivity (Wildman–Crippen MR) is 308 cm³/mol. The van der Waals surface area contributed by atoms with Gasteiger partial charge in [0.05, 0.1) is 0 Å². The number of fused-ring (bicyclic) bond motifs is 5. The highest BCUT2D eigenvalue weighted by atomic mass is 16.2. The first-order valence-corrected chi connectivity index (χ1v) is 33.0. The molecular formula is C70H108O8. The van der Waals surface area contributed by atoms with E-state index < -0.39 is 0 Å². The third-order valence-corrected chi connectivity index (χ3v) is 24.6. The maximum atomic E-state index is 11.8. The van der Waals surface area contributed by atoms with Crippen LogP contribution in [0.1, 0.15) is 261 Å². The normalized spacial score (nSPS) is 45.9. The van der Waals surface area contributed by atoms with Crippen LogP contribution in [0.3, 0.4) is 0 Å². The van der Waals surface area contributed by atoms with Crippen LogP contribution in [0.4, 0.5) is 0 Å². The van der Waals surface area contributed by atoms with Crippen molar-refractivity contribution in [3.63, 3.8) is 0 Å². The van der Waals surface area contributed by atoms with Gasteiger partial charge in [-0.15, -0.1) is 0 Å². The summed E-state index contributed by atoms with van der Waals surface area (Å²) in [5, 5.41) is 0. The van der Waals surface area contributed by atoms with Crippen molar-refractivity contribution in [2.24, 2.45) is 129 Å². The van der Waals surface area contributed by atoms with E-state index in [0.29, 0.717) is 116 Å². The summed E-state index contributed by atoms with van der Waals surface area (Å²) in [7, 11) is 0. The molecule has 16 unspecified atom stereocenters. The van der Waals surface area contributed by atoms with Crippen LogP contribution in [0.15, 0.2) is 0 Å².